The molecule has 0 aliphatic carbocycles. The number of aryl methyl sites for hydroxylation is 1. The van der Waals surface area contributed by atoms with Crippen LogP contribution in [0.15, 0.2) is 24.5 Å². The summed E-state index contributed by atoms with van der Waals surface area (Å²) >= 11 is 0. The molecule has 1 spiro atoms. The molecule has 7 heteroatoms. The van der Waals surface area contributed by atoms with Gasteiger partial charge in [0.05, 0.1) is 25.1 Å². The number of ether oxygens (including phenoxy) is 2. The summed E-state index contributed by atoms with van der Waals surface area (Å²) in [6.07, 6.45) is 5.48. The van der Waals surface area contributed by atoms with E-state index in [0.29, 0.717) is 13.2 Å². The molecule has 0 radical (unpaired) electrons. The van der Waals surface area contributed by atoms with Crippen molar-refractivity contribution in [1.82, 2.24) is 20.0 Å². The van der Waals surface area contributed by atoms with Gasteiger partial charge in [-0.25, -0.2) is 0 Å². The molecule has 4 rings (SSSR count). The van der Waals surface area contributed by atoms with Gasteiger partial charge in [-0.05, 0) is 12.1 Å². The summed E-state index contributed by atoms with van der Waals surface area (Å²) < 4.78 is 13.3. The van der Waals surface area contributed by atoms with Crippen LogP contribution in [0.5, 0.6) is 0 Å². The van der Waals surface area contributed by atoms with Crippen molar-refractivity contribution in [1.29, 1.82) is 0 Å². The Hall–Kier alpha value is -1.99. The summed E-state index contributed by atoms with van der Waals surface area (Å²) in [7, 11) is 1.89. The van der Waals surface area contributed by atoms with E-state index in [-0.39, 0.29) is 5.79 Å². The summed E-state index contributed by atoms with van der Waals surface area (Å²) in [5.41, 5.74) is 1.82. The van der Waals surface area contributed by atoms with Crippen molar-refractivity contribution in [2.24, 2.45) is 7.05 Å². The van der Waals surface area contributed by atoms with Gasteiger partial charge in [-0.2, -0.15) is 5.10 Å². The van der Waals surface area contributed by atoms with Gasteiger partial charge in [-0.1, -0.05) is 0 Å². The van der Waals surface area contributed by atoms with Gasteiger partial charge in [0.25, 0.3) is 0 Å². The smallest absolute Gasteiger partial charge is 0.171 e. The van der Waals surface area contributed by atoms with Crippen molar-refractivity contribution in [3.63, 3.8) is 0 Å². The van der Waals surface area contributed by atoms with E-state index in [2.05, 4.69) is 20.2 Å². The molecule has 2 fully saturated rings. The summed E-state index contributed by atoms with van der Waals surface area (Å²) in [6.45, 7) is 3.17. The van der Waals surface area contributed by atoms with Crippen LogP contribution in [-0.2, 0) is 16.5 Å². The van der Waals surface area contributed by atoms with Crippen molar-refractivity contribution in [3.05, 3.63) is 24.5 Å². The SMILES string of the molecule is Cn1cc(-c2ccc(N3CCC4(CC3)OCCO4)nn2)cn1. The van der Waals surface area contributed by atoms with Crippen molar-refractivity contribution in [2.75, 3.05) is 31.2 Å². The van der Waals surface area contributed by atoms with E-state index >= 15 is 0 Å². The standard InChI is InChI=1S/C15H19N5O2/c1-19-11-12(10-16-19)13-2-3-14(18-17-13)20-6-4-15(5-7-20)21-8-9-22-15/h2-3,10-11H,4-9H2,1H3. The minimum atomic E-state index is -0.348. The first-order chi connectivity index (χ1) is 10.7. The van der Waals surface area contributed by atoms with Gasteiger partial charge in [-0.15, -0.1) is 10.2 Å². The molecule has 0 aromatic carbocycles. The van der Waals surface area contributed by atoms with Crippen molar-refractivity contribution < 1.29 is 9.47 Å². The maximum Gasteiger partial charge on any atom is 0.171 e. The Morgan fingerprint density at radius 3 is 2.45 bits per heavy atom. The Balaban J connectivity index is 1.45. The minimum Gasteiger partial charge on any atom is -0.355 e. The maximum absolute atomic E-state index is 5.75. The number of piperidine rings is 1. The van der Waals surface area contributed by atoms with Crippen LogP contribution in [0, 0.1) is 0 Å². The Morgan fingerprint density at radius 1 is 1.09 bits per heavy atom. The zero-order valence-electron chi connectivity index (χ0n) is 12.6. The zero-order chi connectivity index (χ0) is 15.0. The normalized spacial score (nSPS) is 20.7. The number of rotatable bonds is 2. The lowest BCUT2D eigenvalue weighted by Gasteiger charge is -2.37. The first-order valence-corrected chi connectivity index (χ1v) is 7.60. The predicted molar refractivity (Wildman–Crippen MR) is 80.3 cm³/mol. The number of aromatic nitrogens is 4. The number of hydrogen-bond acceptors (Lipinski definition) is 6. The first-order valence-electron chi connectivity index (χ1n) is 7.60. The Morgan fingerprint density at radius 2 is 1.86 bits per heavy atom. The Labute approximate surface area is 128 Å². The van der Waals surface area contributed by atoms with E-state index in [1.807, 2.05) is 25.4 Å². The van der Waals surface area contributed by atoms with Crippen molar-refractivity contribution in [3.8, 4) is 11.3 Å². The van der Waals surface area contributed by atoms with Crippen LogP contribution >= 0.6 is 0 Å². The molecular formula is C15H19N5O2. The molecule has 0 unspecified atom stereocenters. The fourth-order valence-electron chi connectivity index (χ4n) is 3.06. The number of nitrogens with zero attached hydrogens (tertiary/aromatic N) is 5. The van der Waals surface area contributed by atoms with E-state index in [1.54, 1.807) is 10.9 Å². The third-order valence-corrected chi connectivity index (χ3v) is 4.31. The highest BCUT2D eigenvalue weighted by Gasteiger charge is 2.40. The van der Waals surface area contributed by atoms with Gasteiger partial charge in [0.1, 0.15) is 0 Å². The lowest BCUT2D eigenvalue weighted by atomic mass is 10.0. The van der Waals surface area contributed by atoms with Gasteiger partial charge < -0.3 is 14.4 Å². The molecule has 2 aliphatic heterocycles. The molecule has 2 aromatic rings. The van der Waals surface area contributed by atoms with Crippen LogP contribution in [0.2, 0.25) is 0 Å². The Bertz CT molecular complexity index is 638. The summed E-state index contributed by atoms with van der Waals surface area (Å²) in [4.78, 5) is 2.23. The summed E-state index contributed by atoms with van der Waals surface area (Å²) in [5, 5.41) is 12.8. The highest BCUT2D eigenvalue weighted by molar-refractivity contribution is 5.57. The summed E-state index contributed by atoms with van der Waals surface area (Å²) in [6, 6.07) is 4.01. The molecule has 4 heterocycles. The molecule has 0 bridgehead atoms. The quantitative estimate of drug-likeness (QED) is 0.831. The van der Waals surface area contributed by atoms with E-state index in [1.165, 1.54) is 0 Å². The molecule has 0 atom stereocenters. The lowest BCUT2D eigenvalue weighted by molar-refractivity contribution is -0.169. The Kier molecular flexibility index (Phi) is 3.31. The highest BCUT2D eigenvalue weighted by Crippen LogP contribution is 2.32. The second kappa shape index (κ2) is 5.33. The van der Waals surface area contributed by atoms with Crippen LogP contribution < -0.4 is 4.90 Å². The number of anilines is 1. The second-order valence-electron chi connectivity index (χ2n) is 5.77. The van der Waals surface area contributed by atoms with Gasteiger partial charge in [0.15, 0.2) is 11.6 Å². The third kappa shape index (κ3) is 2.46. The van der Waals surface area contributed by atoms with Crippen LogP contribution in [0.25, 0.3) is 11.3 Å². The van der Waals surface area contributed by atoms with Crippen molar-refractivity contribution >= 4 is 5.82 Å². The van der Waals surface area contributed by atoms with E-state index < -0.39 is 0 Å². The molecular weight excluding hydrogens is 282 g/mol. The van der Waals surface area contributed by atoms with E-state index in [9.17, 15) is 0 Å². The average molecular weight is 301 g/mol. The van der Waals surface area contributed by atoms with Crippen molar-refractivity contribution in [2.45, 2.75) is 18.6 Å². The van der Waals surface area contributed by atoms with E-state index in [0.717, 1.165) is 43.0 Å². The van der Waals surface area contributed by atoms with Gasteiger partial charge in [-0.3, -0.25) is 4.68 Å². The van der Waals surface area contributed by atoms with Crippen LogP contribution in [0.4, 0.5) is 5.82 Å². The van der Waals surface area contributed by atoms with E-state index in [4.69, 9.17) is 9.47 Å². The third-order valence-electron chi connectivity index (χ3n) is 4.31. The van der Waals surface area contributed by atoms with Gasteiger partial charge >= 0.3 is 0 Å². The highest BCUT2D eigenvalue weighted by atomic mass is 16.7. The molecule has 2 aromatic heterocycles. The second-order valence-corrected chi connectivity index (χ2v) is 5.77. The van der Waals surface area contributed by atoms with Crippen LogP contribution in [0.3, 0.4) is 0 Å². The topological polar surface area (TPSA) is 65.3 Å². The molecule has 0 amide bonds. The molecule has 2 saturated heterocycles. The fraction of sp³-hybridized carbons (Fsp3) is 0.533. The minimum absolute atomic E-state index is 0.348. The molecule has 7 nitrogen and oxygen atoms in total. The number of hydrogen-bond donors (Lipinski definition) is 0. The molecule has 2 aliphatic rings. The molecule has 0 saturated carbocycles. The predicted octanol–water partition coefficient (Wildman–Crippen LogP) is 1.22. The average Bonchev–Trinajstić information content (AvgIpc) is 3.18. The van der Waals surface area contributed by atoms with Gasteiger partial charge in [0, 0.05) is 44.7 Å². The largest absolute Gasteiger partial charge is 0.355 e. The lowest BCUT2D eigenvalue weighted by Crippen LogP contribution is -2.45. The van der Waals surface area contributed by atoms with Crippen LogP contribution in [0.1, 0.15) is 12.8 Å². The molecule has 0 N–H and O–H groups in total. The molecule has 22 heavy (non-hydrogen) atoms. The van der Waals surface area contributed by atoms with Gasteiger partial charge in [0.2, 0.25) is 0 Å². The summed E-state index contributed by atoms with van der Waals surface area (Å²) in [5.74, 6) is 0.556. The molecule has 116 valence electrons. The monoisotopic (exact) mass is 301 g/mol. The first kappa shape index (κ1) is 13.7. The zero-order valence-corrected chi connectivity index (χ0v) is 12.6. The van der Waals surface area contributed by atoms with Crippen LogP contribution in [-0.4, -0.2) is 52.1 Å². The fourth-order valence-corrected chi connectivity index (χ4v) is 3.06. The maximum atomic E-state index is 5.75.